The van der Waals surface area contributed by atoms with Gasteiger partial charge in [-0.2, -0.15) is 0 Å². The highest BCUT2D eigenvalue weighted by Crippen LogP contribution is 2.17. The Hall–Kier alpha value is -6.26. The second-order valence-electron chi connectivity index (χ2n) is 12.1. The van der Waals surface area contributed by atoms with E-state index in [0.717, 1.165) is 22.3 Å². The first-order valence-corrected chi connectivity index (χ1v) is 17.0. The van der Waals surface area contributed by atoms with Crippen molar-refractivity contribution in [3.05, 3.63) is 167 Å². The molecular formula is C42H41N3O7. The molecule has 4 N–H and O–H groups in total. The van der Waals surface area contributed by atoms with Crippen LogP contribution in [0.2, 0.25) is 0 Å². The van der Waals surface area contributed by atoms with Crippen LogP contribution in [0.3, 0.4) is 0 Å². The molecule has 5 rings (SSSR count). The Kier molecular flexibility index (Phi) is 13.7. The molecule has 2 amide bonds. The average Bonchev–Trinajstić information content (AvgIpc) is 3.18. The highest BCUT2D eigenvalue weighted by Gasteiger charge is 2.25. The van der Waals surface area contributed by atoms with Crippen LogP contribution in [-0.4, -0.2) is 35.8 Å². The SMILES string of the molecule is N[C@@H](Cc1ccc(OCc2ccccc2)cc1)C(=O)Nc1cccc(C(=O)N[C@@H](CCC(=O)OCc2ccccc2)C(=O)OCc2ccccc2)c1. The van der Waals surface area contributed by atoms with Gasteiger partial charge in [0.1, 0.15) is 31.6 Å². The van der Waals surface area contributed by atoms with Gasteiger partial charge in [-0.1, -0.05) is 109 Å². The van der Waals surface area contributed by atoms with Crippen molar-refractivity contribution in [3.8, 4) is 5.75 Å². The molecule has 266 valence electrons. The number of esters is 2. The number of carbonyl (C=O) groups excluding carboxylic acids is 4. The molecule has 0 spiro atoms. The number of nitrogens with two attached hydrogens (primary N) is 1. The van der Waals surface area contributed by atoms with Crippen molar-refractivity contribution in [2.45, 2.75) is 51.2 Å². The Morgan fingerprint density at radius 2 is 1.19 bits per heavy atom. The van der Waals surface area contributed by atoms with Crippen LogP contribution in [0.4, 0.5) is 5.69 Å². The summed E-state index contributed by atoms with van der Waals surface area (Å²) in [6, 6.07) is 39.9. The van der Waals surface area contributed by atoms with Crippen LogP contribution < -0.4 is 21.1 Å². The predicted molar refractivity (Wildman–Crippen MR) is 197 cm³/mol. The molecule has 0 aliphatic rings. The Morgan fingerprint density at radius 1 is 0.615 bits per heavy atom. The van der Waals surface area contributed by atoms with Gasteiger partial charge in [-0.15, -0.1) is 0 Å². The first kappa shape index (κ1) is 37.0. The van der Waals surface area contributed by atoms with Gasteiger partial charge in [-0.05, 0) is 65.4 Å². The minimum atomic E-state index is -1.14. The van der Waals surface area contributed by atoms with Crippen LogP contribution >= 0.6 is 0 Å². The maximum absolute atomic E-state index is 13.4. The monoisotopic (exact) mass is 699 g/mol. The van der Waals surface area contributed by atoms with Gasteiger partial charge in [0.15, 0.2) is 0 Å². The van der Waals surface area contributed by atoms with Crippen molar-refractivity contribution in [1.29, 1.82) is 0 Å². The number of benzene rings is 5. The third-order valence-corrected chi connectivity index (χ3v) is 8.05. The lowest BCUT2D eigenvalue weighted by Crippen LogP contribution is -2.42. The molecule has 0 aliphatic carbocycles. The molecule has 0 aromatic heterocycles. The van der Waals surface area contributed by atoms with E-state index in [1.165, 1.54) is 6.07 Å². The Morgan fingerprint density at radius 3 is 1.81 bits per heavy atom. The molecule has 0 aliphatic heterocycles. The lowest BCUT2D eigenvalue weighted by molar-refractivity contribution is -0.148. The van der Waals surface area contributed by atoms with E-state index in [1.54, 1.807) is 18.2 Å². The van der Waals surface area contributed by atoms with Crippen molar-refractivity contribution < 1.29 is 33.4 Å². The molecule has 2 atom stereocenters. The zero-order valence-electron chi connectivity index (χ0n) is 28.6. The fourth-order valence-corrected chi connectivity index (χ4v) is 5.17. The van der Waals surface area contributed by atoms with Crippen molar-refractivity contribution in [2.24, 2.45) is 5.73 Å². The average molecular weight is 700 g/mol. The van der Waals surface area contributed by atoms with E-state index in [4.69, 9.17) is 19.9 Å². The fraction of sp³-hybridized carbons (Fsp3) is 0.190. The van der Waals surface area contributed by atoms with Gasteiger partial charge in [0.25, 0.3) is 5.91 Å². The molecule has 10 heteroatoms. The first-order valence-electron chi connectivity index (χ1n) is 17.0. The van der Waals surface area contributed by atoms with E-state index < -0.39 is 35.8 Å². The Labute approximate surface area is 302 Å². The van der Waals surface area contributed by atoms with Crippen molar-refractivity contribution >= 4 is 29.4 Å². The predicted octanol–water partition coefficient (Wildman–Crippen LogP) is 6.14. The second kappa shape index (κ2) is 19.2. The van der Waals surface area contributed by atoms with Crippen LogP contribution in [0.15, 0.2) is 140 Å². The number of nitrogens with one attached hydrogen (secondary N) is 2. The normalized spacial score (nSPS) is 11.8. The molecule has 10 nitrogen and oxygen atoms in total. The van der Waals surface area contributed by atoms with E-state index in [-0.39, 0.29) is 38.0 Å². The number of rotatable bonds is 17. The number of hydrogen-bond acceptors (Lipinski definition) is 8. The standard InChI is InChI=1S/C42H41N3O7/c43-37(25-30-19-21-36(22-20-30)50-27-31-11-4-1-5-12-31)41(48)44-35-18-10-17-34(26-35)40(47)45-38(42(49)52-29-33-15-8-3-9-16-33)23-24-39(46)51-28-32-13-6-2-7-14-32/h1-22,26,37-38H,23-25,27-29,43H2,(H,44,48)(H,45,47)/t37-,38-/m0/s1. The topological polar surface area (TPSA) is 146 Å². The highest BCUT2D eigenvalue weighted by atomic mass is 16.5. The molecule has 52 heavy (non-hydrogen) atoms. The zero-order valence-corrected chi connectivity index (χ0v) is 28.6. The van der Waals surface area contributed by atoms with Crippen molar-refractivity contribution in [1.82, 2.24) is 5.32 Å². The van der Waals surface area contributed by atoms with Crippen LogP contribution in [-0.2, 0) is 50.1 Å². The molecule has 0 saturated carbocycles. The summed E-state index contributed by atoms with van der Waals surface area (Å²) in [4.78, 5) is 52.1. The molecule has 0 radical (unpaired) electrons. The van der Waals surface area contributed by atoms with Gasteiger partial charge in [0.05, 0.1) is 6.04 Å². The van der Waals surface area contributed by atoms with Crippen molar-refractivity contribution in [2.75, 3.05) is 5.32 Å². The molecule has 0 heterocycles. The molecule has 0 unspecified atom stereocenters. The van der Waals surface area contributed by atoms with E-state index in [1.807, 2.05) is 115 Å². The molecule has 0 saturated heterocycles. The Bertz CT molecular complexity index is 1900. The lowest BCUT2D eigenvalue weighted by Gasteiger charge is -2.18. The maximum atomic E-state index is 13.4. The number of amides is 2. The van der Waals surface area contributed by atoms with Gasteiger partial charge >= 0.3 is 11.9 Å². The van der Waals surface area contributed by atoms with Crippen LogP contribution in [0.25, 0.3) is 0 Å². The maximum Gasteiger partial charge on any atom is 0.328 e. The van der Waals surface area contributed by atoms with E-state index in [9.17, 15) is 19.2 Å². The fourth-order valence-electron chi connectivity index (χ4n) is 5.17. The summed E-state index contributed by atoms with van der Waals surface area (Å²) in [6.45, 7) is 0.536. The number of ether oxygens (including phenoxy) is 3. The summed E-state index contributed by atoms with van der Waals surface area (Å²) in [5, 5.41) is 5.46. The summed E-state index contributed by atoms with van der Waals surface area (Å²) in [7, 11) is 0. The summed E-state index contributed by atoms with van der Waals surface area (Å²) < 4.78 is 16.7. The van der Waals surface area contributed by atoms with Gasteiger partial charge in [0, 0.05) is 17.7 Å². The second-order valence-corrected chi connectivity index (χ2v) is 12.1. The smallest absolute Gasteiger partial charge is 0.328 e. The minimum Gasteiger partial charge on any atom is -0.489 e. The molecule has 0 bridgehead atoms. The lowest BCUT2D eigenvalue weighted by atomic mass is 10.1. The van der Waals surface area contributed by atoms with Gasteiger partial charge in [0.2, 0.25) is 5.91 Å². The largest absolute Gasteiger partial charge is 0.489 e. The molecule has 5 aromatic rings. The number of carbonyl (C=O) groups is 4. The number of hydrogen-bond donors (Lipinski definition) is 3. The summed E-state index contributed by atoms with van der Waals surface area (Å²) in [6.07, 6.45) is 0.111. The van der Waals surface area contributed by atoms with Crippen LogP contribution in [0.1, 0.15) is 45.5 Å². The molecule has 5 aromatic carbocycles. The van der Waals surface area contributed by atoms with Crippen LogP contribution in [0.5, 0.6) is 5.75 Å². The van der Waals surface area contributed by atoms with Crippen LogP contribution in [0, 0.1) is 0 Å². The van der Waals surface area contributed by atoms with E-state index >= 15 is 0 Å². The van der Waals surface area contributed by atoms with Gasteiger partial charge in [-0.3, -0.25) is 14.4 Å². The third-order valence-electron chi connectivity index (χ3n) is 8.05. The summed E-state index contributed by atoms with van der Waals surface area (Å²) >= 11 is 0. The zero-order chi connectivity index (χ0) is 36.5. The van der Waals surface area contributed by atoms with Gasteiger partial charge < -0.3 is 30.6 Å². The summed E-state index contributed by atoms with van der Waals surface area (Å²) in [5.41, 5.74) is 10.3. The number of anilines is 1. The third kappa shape index (κ3) is 12.0. The molecular weight excluding hydrogens is 658 g/mol. The van der Waals surface area contributed by atoms with E-state index in [0.29, 0.717) is 18.0 Å². The first-order chi connectivity index (χ1) is 25.3. The van der Waals surface area contributed by atoms with Gasteiger partial charge in [-0.25, -0.2) is 4.79 Å². The Balaban J connectivity index is 1.15. The van der Waals surface area contributed by atoms with E-state index in [2.05, 4.69) is 10.6 Å². The van der Waals surface area contributed by atoms with Crippen molar-refractivity contribution in [3.63, 3.8) is 0 Å². The summed E-state index contributed by atoms with van der Waals surface area (Å²) in [5.74, 6) is -1.53. The minimum absolute atomic E-state index is 0.00154. The highest BCUT2D eigenvalue weighted by molar-refractivity contribution is 6.00. The quantitative estimate of drug-likeness (QED) is 0.0982. The molecule has 0 fully saturated rings.